The van der Waals surface area contributed by atoms with Crippen LogP contribution in [0.2, 0.25) is 0 Å². The molecule has 0 saturated carbocycles. The fourth-order valence-electron chi connectivity index (χ4n) is 1.51. The maximum absolute atomic E-state index is 12.0. The highest BCUT2D eigenvalue weighted by Crippen LogP contribution is 1.98. The van der Waals surface area contributed by atoms with Gasteiger partial charge in [0.15, 0.2) is 0 Å². The maximum Gasteiger partial charge on any atom is 0.508 e. The molecule has 0 unspecified atom stereocenters. The summed E-state index contributed by atoms with van der Waals surface area (Å²) in [5.74, 6) is 0. The van der Waals surface area contributed by atoms with Gasteiger partial charge >= 0.3 is 18.4 Å². The van der Waals surface area contributed by atoms with E-state index in [-0.39, 0.29) is 46.1 Å². The van der Waals surface area contributed by atoms with Crippen LogP contribution in [0.4, 0.5) is 14.4 Å². The summed E-state index contributed by atoms with van der Waals surface area (Å²) < 4.78 is 24.3. The van der Waals surface area contributed by atoms with E-state index in [0.29, 0.717) is 19.3 Å². The van der Waals surface area contributed by atoms with E-state index in [1.807, 2.05) is 20.8 Å². The molecule has 9 nitrogen and oxygen atoms in total. The van der Waals surface area contributed by atoms with Crippen LogP contribution in [0.15, 0.2) is 0 Å². The fraction of sp³-hybridized carbons (Fsp3) is 0.812. The minimum Gasteiger partial charge on any atom is -0.449 e. The minimum absolute atomic E-state index is 0.0515. The van der Waals surface area contributed by atoms with Crippen molar-refractivity contribution in [3.8, 4) is 0 Å². The lowest BCUT2D eigenvalue weighted by Crippen LogP contribution is -2.38. The van der Waals surface area contributed by atoms with Gasteiger partial charge in [0.2, 0.25) is 0 Å². The van der Waals surface area contributed by atoms with Crippen LogP contribution in [0.5, 0.6) is 0 Å². The minimum atomic E-state index is -0.789. The van der Waals surface area contributed by atoms with E-state index in [1.54, 1.807) is 0 Å². The molecule has 0 N–H and O–H groups in total. The van der Waals surface area contributed by atoms with Gasteiger partial charge in [-0.15, -0.1) is 0 Å². The molecular formula is C16H29NO8. The predicted octanol–water partition coefficient (Wildman–Crippen LogP) is 2.96. The summed E-state index contributed by atoms with van der Waals surface area (Å²) in [4.78, 5) is 35.8. The first-order valence-electron chi connectivity index (χ1n) is 8.55. The van der Waals surface area contributed by atoms with Gasteiger partial charge in [-0.25, -0.2) is 14.4 Å². The van der Waals surface area contributed by atoms with Crippen LogP contribution in [0.1, 0.15) is 40.0 Å². The molecule has 9 heteroatoms. The van der Waals surface area contributed by atoms with Gasteiger partial charge in [-0.3, -0.25) is 0 Å². The smallest absolute Gasteiger partial charge is 0.449 e. The second kappa shape index (κ2) is 15.3. The van der Waals surface area contributed by atoms with Gasteiger partial charge in [0, 0.05) is 0 Å². The summed E-state index contributed by atoms with van der Waals surface area (Å²) in [5.41, 5.74) is 0. The SMILES string of the molecule is CCCOC(=O)OCCN(CCOC(=O)OCCC)C(=O)OCCC. The normalized spacial score (nSPS) is 9.88. The highest BCUT2D eigenvalue weighted by molar-refractivity contribution is 5.67. The number of carbonyl (C=O) groups excluding carboxylic acids is 3. The molecular weight excluding hydrogens is 334 g/mol. The van der Waals surface area contributed by atoms with Crippen molar-refractivity contribution in [2.45, 2.75) is 40.0 Å². The van der Waals surface area contributed by atoms with Crippen molar-refractivity contribution in [1.82, 2.24) is 4.90 Å². The van der Waals surface area contributed by atoms with E-state index in [2.05, 4.69) is 0 Å². The molecule has 146 valence electrons. The van der Waals surface area contributed by atoms with Crippen molar-refractivity contribution in [1.29, 1.82) is 0 Å². The Labute approximate surface area is 148 Å². The molecule has 0 rings (SSSR count). The van der Waals surface area contributed by atoms with Gasteiger partial charge in [0.1, 0.15) is 13.2 Å². The van der Waals surface area contributed by atoms with Crippen LogP contribution in [-0.4, -0.2) is 69.4 Å². The Hall–Kier alpha value is -2.19. The standard InChI is InChI=1S/C16H29NO8/c1-4-9-21-14(18)17(7-12-24-15(19)22-10-5-2)8-13-25-16(20)23-11-6-3/h4-13H2,1-3H3. The van der Waals surface area contributed by atoms with Gasteiger partial charge < -0.3 is 28.6 Å². The number of ether oxygens (including phenoxy) is 5. The summed E-state index contributed by atoms with van der Waals surface area (Å²) >= 11 is 0. The van der Waals surface area contributed by atoms with E-state index in [9.17, 15) is 14.4 Å². The Bertz CT molecular complexity index is 362. The molecule has 0 bridgehead atoms. The monoisotopic (exact) mass is 363 g/mol. The van der Waals surface area contributed by atoms with E-state index >= 15 is 0 Å². The van der Waals surface area contributed by atoms with E-state index < -0.39 is 18.4 Å². The molecule has 0 saturated heterocycles. The first-order chi connectivity index (χ1) is 12.0. The number of hydrogen-bond donors (Lipinski definition) is 0. The lowest BCUT2D eigenvalue weighted by molar-refractivity contribution is 0.0326. The van der Waals surface area contributed by atoms with Crippen molar-refractivity contribution in [3.05, 3.63) is 0 Å². The average molecular weight is 363 g/mol. The Morgan fingerprint density at radius 2 is 0.960 bits per heavy atom. The second-order valence-electron chi connectivity index (χ2n) is 5.00. The van der Waals surface area contributed by atoms with Crippen molar-refractivity contribution in [2.24, 2.45) is 0 Å². The highest BCUT2D eigenvalue weighted by atomic mass is 16.7. The number of carbonyl (C=O) groups is 3. The van der Waals surface area contributed by atoms with Crippen LogP contribution in [0.25, 0.3) is 0 Å². The van der Waals surface area contributed by atoms with Gasteiger partial charge in [-0.2, -0.15) is 0 Å². The van der Waals surface area contributed by atoms with Crippen molar-refractivity contribution in [2.75, 3.05) is 46.1 Å². The topological polar surface area (TPSA) is 101 Å². The van der Waals surface area contributed by atoms with Crippen LogP contribution >= 0.6 is 0 Å². The predicted molar refractivity (Wildman–Crippen MR) is 88.4 cm³/mol. The quantitative estimate of drug-likeness (QED) is 0.385. The third-order valence-corrected chi connectivity index (χ3v) is 2.70. The first kappa shape index (κ1) is 22.8. The number of hydrogen-bond acceptors (Lipinski definition) is 8. The second-order valence-corrected chi connectivity index (χ2v) is 5.00. The zero-order valence-electron chi connectivity index (χ0n) is 15.3. The molecule has 0 fully saturated rings. The molecule has 0 atom stereocenters. The van der Waals surface area contributed by atoms with Gasteiger partial charge in [0.25, 0.3) is 0 Å². The average Bonchev–Trinajstić information content (AvgIpc) is 2.61. The molecule has 0 heterocycles. The van der Waals surface area contributed by atoms with Crippen molar-refractivity contribution >= 4 is 18.4 Å². The first-order valence-corrected chi connectivity index (χ1v) is 8.55. The fourth-order valence-corrected chi connectivity index (χ4v) is 1.51. The molecule has 0 aliphatic carbocycles. The lowest BCUT2D eigenvalue weighted by atomic mass is 10.5. The summed E-state index contributed by atoms with van der Waals surface area (Å²) in [7, 11) is 0. The third kappa shape index (κ3) is 12.8. The number of rotatable bonds is 12. The molecule has 0 spiro atoms. The van der Waals surface area contributed by atoms with E-state index in [4.69, 9.17) is 23.7 Å². The van der Waals surface area contributed by atoms with Crippen LogP contribution in [0.3, 0.4) is 0 Å². The largest absolute Gasteiger partial charge is 0.508 e. The Kier molecular flexibility index (Phi) is 14.0. The Morgan fingerprint density at radius 3 is 1.36 bits per heavy atom. The molecule has 0 aromatic rings. The summed E-state index contributed by atoms with van der Waals surface area (Å²) in [6, 6.07) is 0. The zero-order chi connectivity index (χ0) is 18.9. The zero-order valence-corrected chi connectivity index (χ0v) is 15.3. The molecule has 0 aliphatic heterocycles. The van der Waals surface area contributed by atoms with Crippen LogP contribution < -0.4 is 0 Å². The van der Waals surface area contributed by atoms with Gasteiger partial charge in [-0.1, -0.05) is 20.8 Å². The summed E-state index contributed by atoms with van der Waals surface area (Å²) in [5, 5.41) is 0. The van der Waals surface area contributed by atoms with E-state index in [1.165, 1.54) is 4.90 Å². The van der Waals surface area contributed by atoms with Crippen molar-refractivity contribution in [3.63, 3.8) is 0 Å². The molecule has 0 radical (unpaired) electrons. The highest BCUT2D eigenvalue weighted by Gasteiger charge is 2.17. The number of nitrogens with zero attached hydrogens (tertiary/aromatic N) is 1. The summed E-state index contributed by atoms with van der Waals surface area (Å²) in [6.45, 7) is 6.51. The van der Waals surface area contributed by atoms with E-state index in [0.717, 1.165) is 0 Å². The number of amides is 1. The Morgan fingerprint density at radius 1 is 0.600 bits per heavy atom. The molecule has 25 heavy (non-hydrogen) atoms. The lowest BCUT2D eigenvalue weighted by Gasteiger charge is -2.21. The van der Waals surface area contributed by atoms with Crippen LogP contribution in [-0.2, 0) is 23.7 Å². The van der Waals surface area contributed by atoms with Crippen molar-refractivity contribution < 1.29 is 38.1 Å². The summed E-state index contributed by atoms with van der Waals surface area (Å²) in [6.07, 6.45) is -0.0881. The molecule has 0 aromatic carbocycles. The third-order valence-electron chi connectivity index (χ3n) is 2.70. The Balaban J connectivity index is 4.24. The molecule has 0 aliphatic rings. The molecule has 0 aromatic heterocycles. The maximum atomic E-state index is 12.0. The van der Waals surface area contributed by atoms with Gasteiger partial charge in [-0.05, 0) is 19.3 Å². The van der Waals surface area contributed by atoms with Crippen LogP contribution in [0, 0.1) is 0 Å². The molecule has 1 amide bonds. The van der Waals surface area contributed by atoms with Gasteiger partial charge in [0.05, 0.1) is 32.9 Å².